The summed E-state index contributed by atoms with van der Waals surface area (Å²) < 4.78 is 0. The van der Waals surface area contributed by atoms with Gasteiger partial charge < -0.3 is 15.3 Å². The van der Waals surface area contributed by atoms with Crippen molar-refractivity contribution in [1.82, 2.24) is 15.2 Å². The Morgan fingerprint density at radius 1 is 1.47 bits per heavy atom. The van der Waals surface area contributed by atoms with E-state index in [1.165, 1.54) is 0 Å². The molecule has 0 aliphatic rings. The van der Waals surface area contributed by atoms with E-state index in [-0.39, 0.29) is 11.7 Å². The number of nitrogens with one attached hydrogen (secondary N) is 1. The molecule has 5 nitrogen and oxygen atoms in total. The average Bonchev–Trinajstić information content (AvgIpc) is 2.28. The van der Waals surface area contributed by atoms with Crippen molar-refractivity contribution in [1.29, 1.82) is 0 Å². The van der Waals surface area contributed by atoms with Gasteiger partial charge in [0.15, 0.2) is 0 Å². The lowest BCUT2D eigenvalue weighted by molar-refractivity contribution is -0.128. The summed E-state index contributed by atoms with van der Waals surface area (Å²) in [6.07, 6.45) is 0.444. The van der Waals surface area contributed by atoms with Crippen molar-refractivity contribution in [3.05, 3.63) is 23.5 Å². The zero-order valence-electron chi connectivity index (χ0n) is 10.5. The Balaban J connectivity index is 2.36. The smallest absolute Gasteiger partial charge is 0.223 e. The van der Waals surface area contributed by atoms with Crippen LogP contribution in [0.15, 0.2) is 12.1 Å². The second kappa shape index (κ2) is 6.20. The molecule has 1 aromatic heterocycles. The normalized spacial score (nSPS) is 10.3. The lowest BCUT2D eigenvalue weighted by Gasteiger charge is -2.10. The lowest BCUT2D eigenvalue weighted by atomic mass is 10.3. The lowest BCUT2D eigenvalue weighted by Crippen LogP contribution is -2.26. The molecular weight excluding hydrogens is 218 g/mol. The number of aryl methyl sites for hydroxylation is 1. The van der Waals surface area contributed by atoms with E-state index in [0.29, 0.717) is 25.2 Å². The highest BCUT2D eigenvalue weighted by molar-refractivity contribution is 5.75. The van der Waals surface area contributed by atoms with E-state index < -0.39 is 0 Å². The molecule has 1 rings (SSSR count). The van der Waals surface area contributed by atoms with Gasteiger partial charge in [-0.1, -0.05) is 0 Å². The van der Waals surface area contributed by atoms with E-state index in [2.05, 4.69) is 10.3 Å². The van der Waals surface area contributed by atoms with Crippen molar-refractivity contribution in [3.63, 3.8) is 0 Å². The highest BCUT2D eigenvalue weighted by atomic mass is 16.3. The van der Waals surface area contributed by atoms with Gasteiger partial charge in [-0.3, -0.25) is 9.78 Å². The molecule has 0 radical (unpaired) electrons. The van der Waals surface area contributed by atoms with Crippen LogP contribution in [-0.2, 0) is 11.3 Å². The number of rotatable bonds is 5. The van der Waals surface area contributed by atoms with Crippen molar-refractivity contribution in [2.24, 2.45) is 0 Å². The van der Waals surface area contributed by atoms with Gasteiger partial charge in [-0.2, -0.15) is 0 Å². The van der Waals surface area contributed by atoms with Gasteiger partial charge in [0, 0.05) is 39.3 Å². The first-order valence-electron chi connectivity index (χ1n) is 5.57. The Hall–Kier alpha value is -1.62. The highest BCUT2D eigenvalue weighted by Crippen LogP contribution is 2.13. The maximum atomic E-state index is 11.3. The molecule has 0 atom stereocenters. The molecule has 0 unspecified atom stereocenters. The molecule has 0 aliphatic heterocycles. The topological polar surface area (TPSA) is 65.5 Å². The third-order valence-corrected chi connectivity index (χ3v) is 2.40. The summed E-state index contributed by atoms with van der Waals surface area (Å²) in [6.45, 7) is 2.92. The average molecular weight is 237 g/mol. The summed E-state index contributed by atoms with van der Waals surface area (Å²) in [4.78, 5) is 17.1. The van der Waals surface area contributed by atoms with E-state index in [1.54, 1.807) is 31.1 Å². The summed E-state index contributed by atoms with van der Waals surface area (Å²) in [7, 11) is 3.46. The number of nitrogens with zero attached hydrogens (tertiary/aromatic N) is 2. The summed E-state index contributed by atoms with van der Waals surface area (Å²) in [6, 6.07) is 3.39. The molecule has 0 aliphatic carbocycles. The van der Waals surface area contributed by atoms with Gasteiger partial charge in [-0.25, -0.2) is 0 Å². The van der Waals surface area contributed by atoms with Crippen molar-refractivity contribution >= 4 is 5.91 Å². The highest BCUT2D eigenvalue weighted by Gasteiger charge is 2.05. The van der Waals surface area contributed by atoms with Gasteiger partial charge in [0.1, 0.15) is 5.75 Å². The fourth-order valence-electron chi connectivity index (χ4n) is 1.36. The molecule has 0 spiro atoms. The quantitative estimate of drug-likeness (QED) is 0.738. The second-order valence-corrected chi connectivity index (χ2v) is 4.13. The first-order valence-corrected chi connectivity index (χ1v) is 5.57. The minimum Gasteiger partial charge on any atom is -0.506 e. The van der Waals surface area contributed by atoms with Crippen LogP contribution in [0.5, 0.6) is 5.75 Å². The molecule has 0 bridgehead atoms. The Kier molecular flexibility index (Phi) is 4.90. The number of aromatic nitrogens is 1. The van der Waals surface area contributed by atoms with Crippen LogP contribution < -0.4 is 5.32 Å². The van der Waals surface area contributed by atoms with Gasteiger partial charge in [-0.05, 0) is 19.1 Å². The molecule has 2 N–H and O–H groups in total. The zero-order valence-corrected chi connectivity index (χ0v) is 10.5. The van der Waals surface area contributed by atoms with Crippen LogP contribution in [0.1, 0.15) is 17.8 Å². The molecule has 17 heavy (non-hydrogen) atoms. The van der Waals surface area contributed by atoms with Crippen LogP contribution >= 0.6 is 0 Å². The van der Waals surface area contributed by atoms with Crippen molar-refractivity contribution in [2.45, 2.75) is 19.9 Å². The maximum absolute atomic E-state index is 11.3. The van der Waals surface area contributed by atoms with Crippen LogP contribution in [0, 0.1) is 6.92 Å². The zero-order chi connectivity index (χ0) is 12.8. The third-order valence-electron chi connectivity index (χ3n) is 2.40. The largest absolute Gasteiger partial charge is 0.506 e. The number of hydrogen-bond acceptors (Lipinski definition) is 4. The minimum absolute atomic E-state index is 0.0823. The van der Waals surface area contributed by atoms with E-state index in [9.17, 15) is 9.90 Å². The number of carbonyl (C=O) groups excluding carboxylic acids is 1. The second-order valence-electron chi connectivity index (χ2n) is 4.13. The van der Waals surface area contributed by atoms with Crippen LogP contribution in [0.2, 0.25) is 0 Å². The molecule has 1 amide bonds. The van der Waals surface area contributed by atoms with Crippen LogP contribution in [0.3, 0.4) is 0 Å². The summed E-state index contributed by atoms with van der Waals surface area (Å²) in [5.41, 5.74) is 1.48. The third kappa shape index (κ3) is 4.40. The summed E-state index contributed by atoms with van der Waals surface area (Å²) >= 11 is 0. The molecular formula is C12H19N3O2. The van der Waals surface area contributed by atoms with Gasteiger partial charge in [0.25, 0.3) is 0 Å². The van der Waals surface area contributed by atoms with Gasteiger partial charge in [0.05, 0.1) is 5.69 Å². The van der Waals surface area contributed by atoms with Crippen molar-refractivity contribution in [3.8, 4) is 5.75 Å². The van der Waals surface area contributed by atoms with Gasteiger partial charge in [-0.15, -0.1) is 0 Å². The number of pyridine rings is 1. The molecule has 0 fully saturated rings. The SMILES string of the molecule is Cc1ccc(O)c(CNCCC(=O)N(C)C)n1. The number of amides is 1. The Labute approximate surface area is 101 Å². The first-order chi connectivity index (χ1) is 8.00. The van der Waals surface area contributed by atoms with E-state index in [1.807, 2.05) is 6.92 Å². The number of hydrogen-bond donors (Lipinski definition) is 2. The van der Waals surface area contributed by atoms with Crippen LogP contribution in [-0.4, -0.2) is 41.5 Å². The standard InChI is InChI=1S/C12H19N3O2/c1-9-4-5-11(16)10(14-9)8-13-7-6-12(17)15(2)3/h4-5,13,16H,6-8H2,1-3H3. The Morgan fingerprint density at radius 3 is 2.82 bits per heavy atom. The molecule has 94 valence electrons. The van der Waals surface area contributed by atoms with E-state index in [4.69, 9.17) is 0 Å². The van der Waals surface area contributed by atoms with Crippen molar-refractivity contribution < 1.29 is 9.90 Å². The fourth-order valence-corrected chi connectivity index (χ4v) is 1.36. The van der Waals surface area contributed by atoms with Crippen LogP contribution in [0.4, 0.5) is 0 Å². The molecule has 0 saturated carbocycles. The van der Waals surface area contributed by atoms with Gasteiger partial charge >= 0.3 is 0 Å². The number of aromatic hydroxyl groups is 1. The summed E-state index contributed by atoms with van der Waals surface area (Å²) in [5.74, 6) is 0.265. The molecule has 0 saturated heterocycles. The fraction of sp³-hybridized carbons (Fsp3) is 0.500. The predicted molar refractivity (Wildman–Crippen MR) is 65.7 cm³/mol. The minimum atomic E-state index is 0.0823. The molecule has 5 heteroatoms. The number of carbonyl (C=O) groups is 1. The van der Waals surface area contributed by atoms with E-state index in [0.717, 1.165) is 5.69 Å². The van der Waals surface area contributed by atoms with Gasteiger partial charge in [0.2, 0.25) is 5.91 Å². The van der Waals surface area contributed by atoms with E-state index >= 15 is 0 Å². The maximum Gasteiger partial charge on any atom is 0.223 e. The first kappa shape index (κ1) is 13.4. The predicted octanol–water partition coefficient (Wildman–Crippen LogP) is 0.664. The monoisotopic (exact) mass is 237 g/mol. The van der Waals surface area contributed by atoms with Crippen LogP contribution in [0.25, 0.3) is 0 Å². The molecule has 0 aromatic carbocycles. The Bertz CT molecular complexity index is 391. The molecule has 1 aromatic rings. The molecule has 1 heterocycles. The van der Waals surface area contributed by atoms with Crippen molar-refractivity contribution in [2.75, 3.05) is 20.6 Å². The summed E-state index contributed by atoms with van der Waals surface area (Å²) in [5, 5.41) is 12.6. The Morgan fingerprint density at radius 2 is 2.18 bits per heavy atom.